The van der Waals surface area contributed by atoms with Crippen LogP contribution in [0.25, 0.3) is 0 Å². The Balaban J connectivity index is 1.54. The fourth-order valence-corrected chi connectivity index (χ4v) is 2.53. The van der Waals surface area contributed by atoms with Gasteiger partial charge in [-0.2, -0.15) is 4.98 Å². The van der Waals surface area contributed by atoms with E-state index in [9.17, 15) is 0 Å². The van der Waals surface area contributed by atoms with Gasteiger partial charge in [0.2, 0.25) is 6.39 Å². The summed E-state index contributed by atoms with van der Waals surface area (Å²) in [7, 11) is 0. The van der Waals surface area contributed by atoms with E-state index in [4.69, 9.17) is 4.52 Å². The van der Waals surface area contributed by atoms with Crippen molar-refractivity contribution in [2.75, 3.05) is 13.1 Å². The molecule has 2 heterocycles. The third-order valence-electron chi connectivity index (χ3n) is 3.72. The quantitative estimate of drug-likeness (QED) is 0.832. The zero-order valence-corrected chi connectivity index (χ0v) is 10.1. The second-order valence-electron chi connectivity index (χ2n) is 5.15. The molecule has 1 aliphatic carbocycles. The van der Waals surface area contributed by atoms with Crippen molar-refractivity contribution in [3.8, 4) is 0 Å². The topological polar surface area (TPSA) is 54.2 Å². The summed E-state index contributed by atoms with van der Waals surface area (Å²) in [6.45, 7) is 3.10. The Morgan fingerprint density at radius 3 is 3.06 bits per heavy atom. The molecule has 1 aliphatic heterocycles. The van der Waals surface area contributed by atoms with Gasteiger partial charge in [-0.15, -0.1) is 0 Å². The minimum absolute atomic E-state index is 0.642. The minimum atomic E-state index is 0.642. The second kappa shape index (κ2) is 5.14. The number of piperidine rings is 1. The van der Waals surface area contributed by atoms with Crippen LogP contribution >= 0.6 is 0 Å². The third-order valence-corrected chi connectivity index (χ3v) is 3.72. The Morgan fingerprint density at radius 1 is 1.35 bits per heavy atom. The second-order valence-corrected chi connectivity index (χ2v) is 5.15. The number of nitrogens with one attached hydrogen (secondary N) is 1. The molecule has 0 aromatic carbocycles. The maximum absolute atomic E-state index is 4.80. The van der Waals surface area contributed by atoms with Gasteiger partial charge in [-0.05, 0) is 32.2 Å². The smallest absolute Gasteiger partial charge is 0.213 e. The molecule has 5 nitrogen and oxygen atoms in total. The van der Waals surface area contributed by atoms with Crippen molar-refractivity contribution in [2.24, 2.45) is 0 Å². The maximum atomic E-state index is 4.80. The van der Waals surface area contributed by atoms with E-state index in [1.807, 2.05) is 0 Å². The summed E-state index contributed by atoms with van der Waals surface area (Å²) in [5.74, 6) is 0.809. The van der Waals surface area contributed by atoms with Crippen LogP contribution < -0.4 is 5.32 Å². The van der Waals surface area contributed by atoms with Gasteiger partial charge in [0.15, 0.2) is 5.82 Å². The summed E-state index contributed by atoms with van der Waals surface area (Å²) in [6.07, 6.45) is 8.06. The molecule has 0 bridgehead atoms. The number of likely N-dealkylation sites (tertiary alicyclic amines) is 1. The molecule has 0 spiro atoms. The van der Waals surface area contributed by atoms with Crippen molar-refractivity contribution < 1.29 is 4.52 Å². The fourth-order valence-electron chi connectivity index (χ4n) is 2.53. The third kappa shape index (κ3) is 3.04. The van der Waals surface area contributed by atoms with Crippen LogP contribution in [0.1, 0.15) is 37.9 Å². The SMILES string of the molecule is c1nc(CN2CCCCC2CNC2CC2)no1. The van der Waals surface area contributed by atoms with E-state index in [1.54, 1.807) is 0 Å². The average Bonchev–Trinajstić information content (AvgIpc) is 3.05. The van der Waals surface area contributed by atoms with E-state index in [0.29, 0.717) is 6.04 Å². The lowest BCUT2D eigenvalue weighted by molar-refractivity contribution is 0.132. The van der Waals surface area contributed by atoms with Crippen LogP contribution in [-0.2, 0) is 6.54 Å². The number of hydrogen-bond donors (Lipinski definition) is 1. The summed E-state index contributed by atoms with van der Waals surface area (Å²) >= 11 is 0. The summed E-state index contributed by atoms with van der Waals surface area (Å²) in [5, 5.41) is 7.53. The maximum Gasteiger partial charge on any atom is 0.213 e. The highest BCUT2D eigenvalue weighted by Crippen LogP contribution is 2.22. The Labute approximate surface area is 102 Å². The number of aromatic nitrogens is 2. The molecule has 0 radical (unpaired) electrons. The lowest BCUT2D eigenvalue weighted by atomic mass is 10.0. The van der Waals surface area contributed by atoms with Gasteiger partial charge in [-0.25, -0.2) is 0 Å². The molecule has 1 aromatic rings. The van der Waals surface area contributed by atoms with E-state index in [1.165, 1.54) is 38.5 Å². The largest absolute Gasteiger partial charge is 0.343 e. The molecular weight excluding hydrogens is 216 g/mol. The van der Waals surface area contributed by atoms with E-state index >= 15 is 0 Å². The monoisotopic (exact) mass is 236 g/mol. The number of nitrogens with zero attached hydrogens (tertiary/aromatic N) is 3. The first kappa shape index (κ1) is 11.2. The highest BCUT2D eigenvalue weighted by atomic mass is 16.5. The predicted molar refractivity (Wildman–Crippen MR) is 63.4 cm³/mol. The summed E-state index contributed by atoms with van der Waals surface area (Å²) in [6, 6.07) is 1.44. The van der Waals surface area contributed by atoms with Crippen molar-refractivity contribution >= 4 is 0 Å². The van der Waals surface area contributed by atoms with Crippen molar-refractivity contribution in [1.29, 1.82) is 0 Å². The van der Waals surface area contributed by atoms with Crippen molar-refractivity contribution in [3.63, 3.8) is 0 Å². The van der Waals surface area contributed by atoms with Crippen LogP contribution in [0.3, 0.4) is 0 Å². The van der Waals surface area contributed by atoms with E-state index in [0.717, 1.165) is 31.5 Å². The average molecular weight is 236 g/mol. The van der Waals surface area contributed by atoms with Gasteiger partial charge in [0.1, 0.15) is 0 Å². The normalized spacial score (nSPS) is 26.2. The van der Waals surface area contributed by atoms with E-state index in [-0.39, 0.29) is 0 Å². The van der Waals surface area contributed by atoms with Gasteiger partial charge in [0.25, 0.3) is 0 Å². The standard InChI is InChI=1S/C12H20N4O/c1-2-6-16(8-12-14-9-17-15-12)11(3-1)7-13-10-4-5-10/h9-11,13H,1-8H2. The van der Waals surface area contributed by atoms with Gasteiger partial charge >= 0.3 is 0 Å². The molecule has 2 aliphatic rings. The van der Waals surface area contributed by atoms with Gasteiger partial charge < -0.3 is 9.84 Å². The predicted octanol–water partition coefficient (Wildman–Crippen LogP) is 1.18. The van der Waals surface area contributed by atoms with E-state index < -0.39 is 0 Å². The molecular formula is C12H20N4O. The molecule has 1 saturated carbocycles. The highest BCUT2D eigenvalue weighted by molar-refractivity contribution is 4.88. The van der Waals surface area contributed by atoms with Crippen molar-refractivity contribution in [2.45, 2.75) is 50.7 Å². The van der Waals surface area contributed by atoms with Crippen LogP contribution in [0.4, 0.5) is 0 Å². The first-order chi connectivity index (χ1) is 8.42. The Morgan fingerprint density at radius 2 is 2.29 bits per heavy atom. The molecule has 3 rings (SSSR count). The van der Waals surface area contributed by atoms with Crippen molar-refractivity contribution in [1.82, 2.24) is 20.4 Å². The Bertz CT molecular complexity index is 336. The van der Waals surface area contributed by atoms with Crippen LogP contribution in [0.5, 0.6) is 0 Å². The molecule has 1 saturated heterocycles. The highest BCUT2D eigenvalue weighted by Gasteiger charge is 2.26. The first-order valence-corrected chi connectivity index (χ1v) is 6.64. The molecule has 17 heavy (non-hydrogen) atoms. The van der Waals surface area contributed by atoms with Gasteiger partial charge in [-0.3, -0.25) is 4.90 Å². The summed E-state index contributed by atoms with van der Waals surface area (Å²) in [4.78, 5) is 6.60. The van der Waals surface area contributed by atoms with E-state index in [2.05, 4.69) is 20.4 Å². The Hall–Kier alpha value is -0.940. The molecule has 1 atom stereocenters. The van der Waals surface area contributed by atoms with Gasteiger partial charge in [0, 0.05) is 18.6 Å². The summed E-state index contributed by atoms with van der Waals surface area (Å²) < 4.78 is 4.80. The van der Waals surface area contributed by atoms with Crippen LogP contribution in [-0.4, -0.2) is 40.2 Å². The van der Waals surface area contributed by atoms with Crippen molar-refractivity contribution in [3.05, 3.63) is 12.2 Å². The first-order valence-electron chi connectivity index (χ1n) is 6.64. The molecule has 1 unspecified atom stereocenters. The van der Waals surface area contributed by atoms with Gasteiger partial charge in [0.05, 0.1) is 6.54 Å². The number of hydrogen-bond acceptors (Lipinski definition) is 5. The molecule has 5 heteroatoms. The number of rotatable bonds is 5. The molecule has 1 aromatic heterocycles. The molecule has 2 fully saturated rings. The summed E-state index contributed by atoms with van der Waals surface area (Å²) in [5.41, 5.74) is 0. The van der Waals surface area contributed by atoms with Gasteiger partial charge in [-0.1, -0.05) is 11.6 Å². The Kier molecular flexibility index (Phi) is 3.38. The fraction of sp³-hybridized carbons (Fsp3) is 0.833. The van der Waals surface area contributed by atoms with Crippen LogP contribution in [0, 0.1) is 0 Å². The lowest BCUT2D eigenvalue weighted by Crippen LogP contribution is -2.45. The molecule has 94 valence electrons. The lowest BCUT2D eigenvalue weighted by Gasteiger charge is -2.35. The zero-order valence-electron chi connectivity index (χ0n) is 10.1. The van der Waals surface area contributed by atoms with Crippen LogP contribution in [0.2, 0.25) is 0 Å². The molecule has 1 N–H and O–H groups in total. The zero-order chi connectivity index (χ0) is 11.5. The molecule has 0 amide bonds. The minimum Gasteiger partial charge on any atom is -0.343 e. The van der Waals surface area contributed by atoms with Crippen LogP contribution in [0.15, 0.2) is 10.9 Å².